The van der Waals surface area contributed by atoms with E-state index in [9.17, 15) is 4.79 Å². The first-order valence-electron chi connectivity index (χ1n) is 6.12. The zero-order valence-electron chi connectivity index (χ0n) is 9.73. The summed E-state index contributed by atoms with van der Waals surface area (Å²) in [6.07, 6.45) is 4.87. The minimum Gasteiger partial charge on any atom is -0.481 e. The van der Waals surface area contributed by atoms with E-state index in [0.29, 0.717) is 5.92 Å². The average molecular weight is 297 g/mol. The van der Waals surface area contributed by atoms with Crippen LogP contribution < -0.4 is 0 Å². The van der Waals surface area contributed by atoms with Crippen molar-refractivity contribution >= 4 is 21.9 Å². The van der Waals surface area contributed by atoms with Gasteiger partial charge in [0, 0.05) is 4.47 Å². The number of carboxylic acids is 1. The van der Waals surface area contributed by atoms with Crippen LogP contribution in [0.4, 0.5) is 0 Å². The van der Waals surface area contributed by atoms with Crippen molar-refractivity contribution in [1.82, 2.24) is 0 Å². The van der Waals surface area contributed by atoms with Gasteiger partial charge in [-0.05, 0) is 55.7 Å². The Balaban J connectivity index is 1.85. The molecule has 1 aromatic carbocycles. The summed E-state index contributed by atoms with van der Waals surface area (Å²) in [5.74, 6) is -0.0602. The lowest BCUT2D eigenvalue weighted by Crippen LogP contribution is -2.22. The van der Waals surface area contributed by atoms with E-state index in [1.54, 1.807) is 0 Å². The number of benzene rings is 1. The first-order chi connectivity index (χ1) is 8.15. The molecule has 0 aliphatic heterocycles. The molecule has 17 heavy (non-hydrogen) atoms. The fraction of sp³-hybridized carbons (Fsp3) is 0.500. The molecule has 0 amide bonds. The quantitative estimate of drug-likeness (QED) is 0.919. The summed E-state index contributed by atoms with van der Waals surface area (Å²) >= 11 is 3.43. The summed E-state index contributed by atoms with van der Waals surface area (Å²) < 4.78 is 1.11. The summed E-state index contributed by atoms with van der Waals surface area (Å²) in [6.45, 7) is 0. The van der Waals surface area contributed by atoms with Crippen LogP contribution in [0.5, 0.6) is 0 Å². The van der Waals surface area contributed by atoms with E-state index < -0.39 is 5.97 Å². The number of carbonyl (C=O) groups is 1. The van der Waals surface area contributed by atoms with Crippen LogP contribution in [0, 0.1) is 11.8 Å². The zero-order valence-corrected chi connectivity index (χ0v) is 11.3. The molecule has 2 rings (SSSR count). The third-order valence-electron chi connectivity index (χ3n) is 3.63. The molecule has 0 radical (unpaired) electrons. The molecule has 0 unspecified atom stereocenters. The molecule has 0 saturated heterocycles. The molecule has 2 nitrogen and oxygen atoms in total. The maximum atomic E-state index is 10.9. The SMILES string of the molecule is O=C(O)C1CCC(Cc2ccc(Br)cc2)CC1. The van der Waals surface area contributed by atoms with Crippen molar-refractivity contribution in [2.24, 2.45) is 11.8 Å². The Morgan fingerprint density at radius 3 is 2.29 bits per heavy atom. The monoisotopic (exact) mass is 296 g/mol. The highest BCUT2D eigenvalue weighted by molar-refractivity contribution is 9.10. The average Bonchev–Trinajstić information content (AvgIpc) is 2.33. The third kappa shape index (κ3) is 3.56. The van der Waals surface area contributed by atoms with Crippen LogP contribution in [0.15, 0.2) is 28.7 Å². The lowest BCUT2D eigenvalue weighted by molar-refractivity contribution is -0.143. The van der Waals surface area contributed by atoms with Gasteiger partial charge < -0.3 is 5.11 Å². The van der Waals surface area contributed by atoms with Crippen molar-refractivity contribution in [2.75, 3.05) is 0 Å². The van der Waals surface area contributed by atoms with Gasteiger partial charge in [0.25, 0.3) is 0 Å². The molecule has 1 fully saturated rings. The van der Waals surface area contributed by atoms with Crippen molar-refractivity contribution in [2.45, 2.75) is 32.1 Å². The summed E-state index contributed by atoms with van der Waals surface area (Å²) in [6, 6.07) is 8.43. The molecule has 0 bridgehead atoms. The molecule has 1 aliphatic carbocycles. The highest BCUT2D eigenvalue weighted by Gasteiger charge is 2.25. The maximum Gasteiger partial charge on any atom is 0.306 e. The molecule has 0 atom stereocenters. The zero-order chi connectivity index (χ0) is 12.3. The molecule has 0 heterocycles. The minimum absolute atomic E-state index is 0.101. The van der Waals surface area contributed by atoms with E-state index in [0.717, 1.165) is 36.6 Å². The van der Waals surface area contributed by atoms with E-state index in [2.05, 4.69) is 40.2 Å². The van der Waals surface area contributed by atoms with Crippen LogP contribution >= 0.6 is 15.9 Å². The van der Waals surface area contributed by atoms with Gasteiger partial charge in [0.1, 0.15) is 0 Å². The van der Waals surface area contributed by atoms with Crippen molar-refractivity contribution in [3.8, 4) is 0 Å². The Morgan fingerprint density at radius 1 is 1.18 bits per heavy atom. The molecule has 0 spiro atoms. The van der Waals surface area contributed by atoms with Gasteiger partial charge in [-0.1, -0.05) is 28.1 Å². The molecule has 92 valence electrons. The molecule has 1 saturated carbocycles. The van der Waals surface area contributed by atoms with Gasteiger partial charge >= 0.3 is 5.97 Å². The maximum absolute atomic E-state index is 10.9. The van der Waals surface area contributed by atoms with E-state index in [-0.39, 0.29) is 5.92 Å². The number of halogens is 1. The second-order valence-electron chi connectivity index (χ2n) is 4.89. The molecule has 0 aromatic heterocycles. The minimum atomic E-state index is -0.618. The molecule has 1 aromatic rings. The molecule has 3 heteroatoms. The van der Waals surface area contributed by atoms with Gasteiger partial charge in [-0.2, -0.15) is 0 Å². The van der Waals surface area contributed by atoms with Gasteiger partial charge in [-0.15, -0.1) is 0 Å². The van der Waals surface area contributed by atoms with Crippen LogP contribution in [0.2, 0.25) is 0 Å². The molecular weight excluding hydrogens is 280 g/mol. The number of hydrogen-bond acceptors (Lipinski definition) is 1. The van der Waals surface area contributed by atoms with Gasteiger partial charge in [-0.25, -0.2) is 0 Å². The fourth-order valence-electron chi connectivity index (χ4n) is 2.57. The summed E-state index contributed by atoms with van der Waals surface area (Å²) in [5.41, 5.74) is 1.35. The first-order valence-corrected chi connectivity index (χ1v) is 6.91. The van der Waals surface area contributed by atoms with Crippen LogP contribution in [0.1, 0.15) is 31.2 Å². The Kier molecular flexibility index (Phi) is 4.21. The Morgan fingerprint density at radius 2 is 1.76 bits per heavy atom. The smallest absolute Gasteiger partial charge is 0.306 e. The lowest BCUT2D eigenvalue weighted by atomic mass is 9.79. The van der Waals surface area contributed by atoms with Gasteiger partial charge in [0.2, 0.25) is 0 Å². The highest BCUT2D eigenvalue weighted by Crippen LogP contribution is 2.31. The fourth-order valence-corrected chi connectivity index (χ4v) is 2.83. The van der Waals surface area contributed by atoms with E-state index >= 15 is 0 Å². The lowest BCUT2D eigenvalue weighted by Gasteiger charge is -2.26. The summed E-state index contributed by atoms with van der Waals surface area (Å²) in [7, 11) is 0. The predicted octanol–water partition coefficient (Wildman–Crippen LogP) is 3.88. The first kappa shape index (κ1) is 12.6. The molecule has 1 N–H and O–H groups in total. The Bertz CT molecular complexity index is 378. The van der Waals surface area contributed by atoms with E-state index in [1.807, 2.05) is 0 Å². The van der Waals surface area contributed by atoms with Crippen molar-refractivity contribution in [3.05, 3.63) is 34.3 Å². The van der Waals surface area contributed by atoms with E-state index in [1.165, 1.54) is 5.56 Å². The van der Waals surface area contributed by atoms with Crippen molar-refractivity contribution in [1.29, 1.82) is 0 Å². The number of rotatable bonds is 3. The van der Waals surface area contributed by atoms with Gasteiger partial charge in [0.15, 0.2) is 0 Å². The second-order valence-corrected chi connectivity index (χ2v) is 5.80. The number of carboxylic acid groups (broad SMARTS) is 1. The van der Waals surface area contributed by atoms with Gasteiger partial charge in [-0.3, -0.25) is 4.79 Å². The van der Waals surface area contributed by atoms with Crippen molar-refractivity contribution in [3.63, 3.8) is 0 Å². The van der Waals surface area contributed by atoms with Crippen LogP contribution in [-0.4, -0.2) is 11.1 Å². The standard InChI is InChI=1S/C14H17BrO2/c15-13-7-3-11(4-8-13)9-10-1-5-12(6-2-10)14(16)17/h3-4,7-8,10,12H,1-2,5-6,9H2,(H,16,17). The summed E-state index contributed by atoms with van der Waals surface area (Å²) in [4.78, 5) is 10.9. The molecular formula is C14H17BrO2. The summed E-state index contributed by atoms with van der Waals surface area (Å²) in [5, 5.41) is 8.94. The third-order valence-corrected chi connectivity index (χ3v) is 4.16. The van der Waals surface area contributed by atoms with Crippen molar-refractivity contribution < 1.29 is 9.90 Å². The number of aliphatic carboxylic acids is 1. The Hall–Kier alpha value is -0.830. The largest absolute Gasteiger partial charge is 0.481 e. The predicted molar refractivity (Wildman–Crippen MR) is 70.9 cm³/mol. The second kappa shape index (κ2) is 5.67. The topological polar surface area (TPSA) is 37.3 Å². The van der Waals surface area contributed by atoms with Crippen LogP contribution in [0.3, 0.4) is 0 Å². The highest BCUT2D eigenvalue weighted by atomic mass is 79.9. The Labute approximate surface area is 110 Å². The van der Waals surface area contributed by atoms with Gasteiger partial charge in [0.05, 0.1) is 5.92 Å². The van der Waals surface area contributed by atoms with Crippen LogP contribution in [-0.2, 0) is 11.2 Å². The molecule has 1 aliphatic rings. The van der Waals surface area contributed by atoms with E-state index in [4.69, 9.17) is 5.11 Å². The number of hydrogen-bond donors (Lipinski definition) is 1. The van der Waals surface area contributed by atoms with Crippen LogP contribution in [0.25, 0.3) is 0 Å². The normalized spacial score (nSPS) is 24.5.